The molecule has 2 aliphatic heterocycles. The second-order valence-electron chi connectivity index (χ2n) is 6.54. The highest BCUT2D eigenvalue weighted by atomic mass is 16.5. The van der Waals surface area contributed by atoms with Gasteiger partial charge in [-0.05, 0) is 43.7 Å². The van der Waals surface area contributed by atoms with Gasteiger partial charge in [0.2, 0.25) is 0 Å². The van der Waals surface area contributed by atoms with E-state index in [0.29, 0.717) is 17.7 Å². The molecule has 0 aromatic heterocycles. The first-order valence-electron chi connectivity index (χ1n) is 7.83. The molecule has 0 bridgehead atoms. The van der Waals surface area contributed by atoms with Gasteiger partial charge in [-0.25, -0.2) is 0 Å². The molecule has 0 spiro atoms. The van der Waals surface area contributed by atoms with Crippen molar-refractivity contribution in [2.75, 3.05) is 0 Å². The third-order valence-corrected chi connectivity index (χ3v) is 4.28. The van der Waals surface area contributed by atoms with Crippen molar-refractivity contribution in [3.8, 4) is 11.5 Å². The fourth-order valence-electron chi connectivity index (χ4n) is 3.09. The molecular weight excluding hydrogens is 288 g/mol. The van der Waals surface area contributed by atoms with Crippen molar-refractivity contribution in [1.82, 2.24) is 0 Å². The smallest absolute Gasteiger partial charge is 0.170 e. The van der Waals surface area contributed by atoms with E-state index >= 15 is 0 Å². The van der Waals surface area contributed by atoms with Gasteiger partial charge in [-0.15, -0.1) is 0 Å². The maximum absolute atomic E-state index is 12.5. The SMILES string of the molecule is CC1(C)C=Cc2c(ccc3c2O[C@@H](c2ccccc2)CC3=O)O1. The van der Waals surface area contributed by atoms with Crippen molar-refractivity contribution >= 4 is 11.9 Å². The van der Waals surface area contributed by atoms with Crippen LogP contribution in [-0.2, 0) is 0 Å². The average Bonchev–Trinajstić information content (AvgIpc) is 2.54. The topological polar surface area (TPSA) is 35.5 Å². The van der Waals surface area contributed by atoms with E-state index in [1.54, 1.807) is 0 Å². The summed E-state index contributed by atoms with van der Waals surface area (Å²) in [6.07, 6.45) is 4.12. The summed E-state index contributed by atoms with van der Waals surface area (Å²) < 4.78 is 12.2. The predicted octanol–water partition coefficient (Wildman–Crippen LogP) is 4.58. The molecule has 1 atom stereocenters. The van der Waals surface area contributed by atoms with Crippen molar-refractivity contribution in [2.45, 2.75) is 32.0 Å². The zero-order valence-electron chi connectivity index (χ0n) is 13.2. The van der Waals surface area contributed by atoms with Crippen LogP contribution in [0.5, 0.6) is 11.5 Å². The second-order valence-corrected chi connectivity index (χ2v) is 6.54. The minimum absolute atomic E-state index is 0.112. The van der Waals surface area contributed by atoms with Crippen LogP contribution in [0, 0.1) is 0 Å². The van der Waals surface area contributed by atoms with Gasteiger partial charge in [0.05, 0.1) is 17.5 Å². The first-order valence-corrected chi connectivity index (χ1v) is 7.83. The van der Waals surface area contributed by atoms with E-state index < -0.39 is 0 Å². The number of hydrogen-bond donors (Lipinski definition) is 0. The number of ketones is 1. The van der Waals surface area contributed by atoms with Gasteiger partial charge in [-0.2, -0.15) is 0 Å². The summed E-state index contributed by atoms with van der Waals surface area (Å²) >= 11 is 0. The van der Waals surface area contributed by atoms with Gasteiger partial charge in [0.1, 0.15) is 23.2 Å². The Morgan fingerprint density at radius 2 is 1.87 bits per heavy atom. The molecule has 2 aromatic rings. The number of benzene rings is 2. The van der Waals surface area contributed by atoms with E-state index in [9.17, 15) is 4.79 Å². The number of rotatable bonds is 1. The van der Waals surface area contributed by atoms with Gasteiger partial charge in [0.25, 0.3) is 0 Å². The van der Waals surface area contributed by atoms with E-state index in [2.05, 4.69) is 0 Å². The quantitative estimate of drug-likeness (QED) is 0.773. The molecule has 23 heavy (non-hydrogen) atoms. The van der Waals surface area contributed by atoms with E-state index in [1.807, 2.05) is 68.5 Å². The number of carbonyl (C=O) groups excluding carboxylic acids is 1. The summed E-state index contributed by atoms with van der Waals surface area (Å²) in [6.45, 7) is 4.01. The summed E-state index contributed by atoms with van der Waals surface area (Å²) in [6, 6.07) is 13.6. The molecule has 3 heteroatoms. The van der Waals surface area contributed by atoms with Crippen LogP contribution in [0.2, 0.25) is 0 Å². The third-order valence-electron chi connectivity index (χ3n) is 4.28. The predicted molar refractivity (Wildman–Crippen MR) is 88.9 cm³/mol. The van der Waals surface area contributed by atoms with Crippen molar-refractivity contribution in [3.63, 3.8) is 0 Å². The molecule has 2 aromatic carbocycles. The zero-order valence-corrected chi connectivity index (χ0v) is 13.2. The molecule has 0 saturated heterocycles. The van der Waals surface area contributed by atoms with Crippen LogP contribution in [0.15, 0.2) is 48.5 Å². The van der Waals surface area contributed by atoms with Gasteiger partial charge >= 0.3 is 0 Å². The molecule has 0 saturated carbocycles. The van der Waals surface area contributed by atoms with Crippen LogP contribution in [0.25, 0.3) is 6.08 Å². The van der Waals surface area contributed by atoms with E-state index in [4.69, 9.17) is 9.47 Å². The van der Waals surface area contributed by atoms with Crippen LogP contribution in [0.3, 0.4) is 0 Å². The maximum atomic E-state index is 12.5. The fraction of sp³-hybridized carbons (Fsp3) is 0.250. The molecule has 3 nitrogen and oxygen atoms in total. The number of ether oxygens (including phenoxy) is 2. The average molecular weight is 306 g/mol. The van der Waals surface area contributed by atoms with Crippen molar-refractivity contribution in [2.24, 2.45) is 0 Å². The Hall–Kier alpha value is -2.55. The Kier molecular flexibility index (Phi) is 3.05. The summed E-state index contributed by atoms with van der Waals surface area (Å²) in [5.74, 6) is 1.51. The highest BCUT2D eigenvalue weighted by molar-refractivity contribution is 6.01. The molecule has 0 unspecified atom stereocenters. The Morgan fingerprint density at radius 1 is 1.09 bits per heavy atom. The lowest BCUT2D eigenvalue weighted by atomic mass is 9.92. The minimum Gasteiger partial charge on any atom is -0.484 e. The second kappa shape index (κ2) is 4.98. The number of carbonyl (C=O) groups is 1. The normalized spacial score (nSPS) is 21.0. The van der Waals surface area contributed by atoms with E-state index in [1.165, 1.54) is 0 Å². The fourth-order valence-corrected chi connectivity index (χ4v) is 3.09. The first kappa shape index (κ1) is 14.1. The number of fused-ring (bicyclic) bond motifs is 3. The molecule has 0 amide bonds. The molecule has 4 rings (SSSR count). The number of Topliss-reactive ketones (excluding diaryl/α,β-unsaturated/α-hetero) is 1. The van der Waals surface area contributed by atoms with Gasteiger partial charge in [0, 0.05) is 0 Å². The van der Waals surface area contributed by atoms with Gasteiger partial charge < -0.3 is 9.47 Å². The van der Waals surface area contributed by atoms with Crippen molar-refractivity contribution < 1.29 is 14.3 Å². The summed E-state index contributed by atoms with van der Waals surface area (Å²) in [7, 11) is 0. The first-order chi connectivity index (χ1) is 11.0. The molecular formula is C20H18O3. The highest BCUT2D eigenvalue weighted by Gasteiger charge is 2.32. The van der Waals surface area contributed by atoms with Crippen LogP contribution in [-0.4, -0.2) is 11.4 Å². The summed E-state index contributed by atoms with van der Waals surface area (Å²) in [4.78, 5) is 12.5. The molecule has 0 fully saturated rings. The standard InChI is InChI=1S/C20H18O3/c1-20(2)11-10-15-17(23-20)9-8-14-16(21)12-18(22-19(14)15)13-6-4-3-5-7-13/h3-11,18H,12H2,1-2H3/t18-/m1/s1. The Balaban J connectivity index is 1.79. The molecule has 0 aliphatic carbocycles. The van der Waals surface area contributed by atoms with Crippen LogP contribution < -0.4 is 9.47 Å². The zero-order chi connectivity index (χ0) is 16.0. The van der Waals surface area contributed by atoms with Gasteiger partial charge in [-0.1, -0.05) is 30.3 Å². The lowest BCUT2D eigenvalue weighted by Gasteiger charge is -2.32. The van der Waals surface area contributed by atoms with Crippen molar-refractivity contribution in [3.05, 3.63) is 65.2 Å². The van der Waals surface area contributed by atoms with E-state index in [-0.39, 0.29) is 17.5 Å². The lowest BCUT2D eigenvalue weighted by molar-refractivity contribution is 0.0846. The Morgan fingerprint density at radius 3 is 2.65 bits per heavy atom. The summed E-state index contributed by atoms with van der Waals surface area (Å²) in [5.41, 5.74) is 2.17. The summed E-state index contributed by atoms with van der Waals surface area (Å²) in [5, 5.41) is 0. The third kappa shape index (κ3) is 2.42. The molecule has 116 valence electrons. The van der Waals surface area contributed by atoms with Crippen molar-refractivity contribution in [1.29, 1.82) is 0 Å². The van der Waals surface area contributed by atoms with E-state index in [0.717, 1.165) is 16.9 Å². The molecule has 2 heterocycles. The maximum Gasteiger partial charge on any atom is 0.170 e. The molecule has 0 radical (unpaired) electrons. The Bertz CT molecular complexity index is 803. The minimum atomic E-state index is -0.348. The van der Waals surface area contributed by atoms with Gasteiger partial charge in [-0.3, -0.25) is 4.79 Å². The molecule has 0 N–H and O–H groups in total. The van der Waals surface area contributed by atoms with Crippen LogP contribution in [0.1, 0.15) is 47.9 Å². The van der Waals surface area contributed by atoms with Crippen LogP contribution in [0.4, 0.5) is 0 Å². The highest BCUT2D eigenvalue weighted by Crippen LogP contribution is 2.44. The lowest BCUT2D eigenvalue weighted by Crippen LogP contribution is -2.28. The van der Waals surface area contributed by atoms with Crippen LogP contribution >= 0.6 is 0 Å². The largest absolute Gasteiger partial charge is 0.484 e. The monoisotopic (exact) mass is 306 g/mol. The van der Waals surface area contributed by atoms with Gasteiger partial charge in [0.15, 0.2) is 5.78 Å². The molecule has 2 aliphatic rings. The Labute approximate surface area is 135 Å². The number of hydrogen-bond acceptors (Lipinski definition) is 3.